The molecule has 2 nitrogen and oxygen atoms in total. The van der Waals surface area contributed by atoms with Gasteiger partial charge in [-0.1, -0.05) is 0 Å². The third kappa shape index (κ3) is 1.86. The number of carboxylic acids is 1. The molecular weight excluding hydrogens is 180 g/mol. The van der Waals surface area contributed by atoms with E-state index >= 15 is 0 Å². The second-order valence-corrected chi connectivity index (χ2v) is 2.57. The van der Waals surface area contributed by atoms with Crippen LogP contribution in [0.25, 0.3) is 0 Å². The van der Waals surface area contributed by atoms with Gasteiger partial charge in [0, 0.05) is 6.92 Å². The zero-order chi connectivity index (χ0) is 10.2. The van der Waals surface area contributed by atoms with Crippen LogP contribution in [0.1, 0.15) is 13.8 Å². The van der Waals surface area contributed by atoms with Gasteiger partial charge in [-0.25, -0.2) is 8.78 Å². The van der Waals surface area contributed by atoms with E-state index < -0.39 is 23.7 Å². The van der Waals surface area contributed by atoms with Gasteiger partial charge in [-0.15, -0.1) is 0 Å². The fourth-order valence-electron chi connectivity index (χ4n) is 0.535. The normalized spacial score (nSPS) is 15.8. The Labute approximate surface area is 66.2 Å². The summed E-state index contributed by atoms with van der Waals surface area (Å²) in [6, 6.07) is 0. The molecule has 0 aromatic rings. The second-order valence-electron chi connectivity index (χ2n) is 2.57. The summed E-state index contributed by atoms with van der Waals surface area (Å²) in [7, 11) is 0. The molecule has 1 N–H and O–H groups in total. The maximum absolute atomic E-state index is 12.4. The van der Waals surface area contributed by atoms with Crippen molar-refractivity contribution in [1.29, 1.82) is 0 Å². The van der Waals surface area contributed by atoms with Crippen molar-refractivity contribution in [3.63, 3.8) is 0 Å². The van der Waals surface area contributed by atoms with Gasteiger partial charge in [0.15, 0.2) is 0 Å². The van der Waals surface area contributed by atoms with Crippen molar-refractivity contribution in [2.75, 3.05) is 0 Å². The number of halogens is 4. The van der Waals surface area contributed by atoms with Gasteiger partial charge in [0.05, 0.1) is 0 Å². The molecule has 0 heterocycles. The van der Waals surface area contributed by atoms with Crippen LogP contribution in [0.5, 0.6) is 0 Å². The Balaban J connectivity index is 4.73. The van der Waals surface area contributed by atoms with Gasteiger partial charge < -0.3 is 5.11 Å². The van der Waals surface area contributed by atoms with E-state index in [0.29, 0.717) is 6.92 Å². The van der Waals surface area contributed by atoms with Crippen LogP contribution in [0.3, 0.4) is 0 Å². The monoisotopic (exact) mass is 188 g/mol. The van der Waals surface area contributed by atoms with Crippen molar-refractivity contribution in [2.45, 2.75) is 25.7 Å². The molecule has 72 valence electrons. The Kier molecular flexibility index (Phi) is 2.72. The molecule has 0 fully saturated rings. The molecule has 0 aliphatic rings. The van der Waals surface area contributed by atoms with Crippen molar-refractivity contribution < 1.29 is 27.5 Å². The van der Waals surface area contributed by atoms with Crippen LogP contribution in [0.2, 0.25) is 0 Å². The maximum Gasteiger partial charge on any atom is 0.322 e. The zero-order valence-electron chi connectivity index (χ0n) is 6.44. The molecule has 0 aromatic carbocycles. The lowest BCUT2D eigenvalue weighted by Gasteiger charge is -2.25. The van der Waals surface area contributed by atoms with E-state index in [1.54, 1.807) is 0 Å². The molecule has 0 saturated heterocycles. The lowest BCUT2D eigenvalue weighted by Crippen LogP contribution is -2.46. The van der Waals surface area contributed by atoms with Crippen LogP contribution < -0.4 is 0 Å². The van der Waals surface area contributed by atoms with Gasteiger partial charge in [0.2, 0.25) is 0 Å². The highest BCUT2D eigenvalue weighted by molar-refractivity contribution is 5.70. The summed E-state index contributed by atoms with van der Waals surface area (Å²) in [6.45, 7) is 0.534. The summed E-state index contributed by atoms with van der Waals surface area (Å²) in [5, 5.41) is 8.07. The number of carbonyl (C=O) groups is 1. The Hall–Kier alpha value is -0.810. The number of hydrogen-bond donors (Lipinski definition) is 1. The molecule has 1 atom stereocenters. The third-order valence-corrected chi connectivity index (χ3v) is 1.50. The number of aliphatic carboxylic acids is 1. The quantitative estimate of drug-likeness (QED) is 0.687. The minimum atomic E-state index is -4.52. The first-order valence-electron chi connectivity index (χ1n) is 3.09. The third-order valence-electron chi connectivity index (χ3n) is 1.50. The fourth-order valence-corrected chi connectivity index (χ4v) is 0.535. The van der Waals surface area contributed by atoms with Gasteiger partial charge >= 0.3 is 17.8 Å². The van der Waals surface area contributed by atoms with Crippen LogP contribution >= 0.6 is 0 Å². The van der Waals surface area contributed by atoms with Crippen LogP contribution in [0.15, 0.2) is 0 Å². The van der Waals surface area contributed by atoms with Crippen LogP contribution in [-0.2, 0) is 4.79 Å². The second kappa shape index (κ2) is 2.91. The molecule has 0 radical (unpaired) electrons. The zero-order valence-corrected chi connectivity index (χ0v) is 6.44. The van der Waals surface area contributed by atoms with Crippen LogP contribution in [-0.4, -0.2) is 22.9 Å². The molecule has 0 spiro atoms. The van der Waals surface area contributed by atoms with E-state index in [1.807, 2.05) is 0 Å². The van der Waals surface area contributed by atoms with E-state index in [0.717, 1.165) is 0 Å². The minimum absolute atomic E-state index is 0.00750. The van der Waals surface area contributed by atoms with Crippen molar-refractivity contribution in [3.05, 3.63) is 0 Å². The fraction of sp³-hybridized carbons (Fsp3) is 0.833. The van der Waals surface area contributed by atoms with Crippen molar-refractivity contribution in [2.24, 2.45) is 5.92 Å². The van der Waals surface area contributed by atoms with E-state index in [4.69, 9.17) is 5.11 Å². The largest absolute Gasteiger partial charge is 0.481 e. The van der Waals surface area contributed by atoms with Gasteiger partial charge in [-0.3, -0.25) is 4.79 Å². The lowest BCUT2D eigenvalue weighted by molar-refractivity contribution is -0.227. The first-order chi connectivity index (χ1) is 5.10. The number of hydrogen-bond acceptors (Lipinski definition) is 1. The minimum Gasteiger partial charge on any atom is -0.481 e. The van der Waals surface area contributed by atoms with E-state index in [1.165, 1.54) is 0 Å². The number of alkyl halides is 4. The summed E-state index contributed by atoms with van der Waals surface area (Å²) < 4.78 is 49.1. The van der Waals surface area contributed by atoms with Crippen molar-refractivity contribution in [1.82, 2.24) is 0 Å². The van der Waals surface area contributed by atoms with E-state index in [-0.39, 0.29) is 6.92 Å². The standard InChI is InChI=1S/C6H8F4O2/c1-3(4(11)12)6(9,10)5(2,7)8/h3H,1-2H3,(H,11,12). The Bertz CT molecular complexity index is 184. The summed E-state index contributed by atoms with van der Waals surface area (Å²) >= 11 is 0. The van der Waals surface area contributed by atoms with Crippen LogP contribution in [0, 0.1) is 5.92 Å². The van der Waals surface area contributed by atoms with Gasteiger partial charge in [0.25, 0.3) is 0 Å². The molecule has 0 amide bonds. The SMILES string of the molecule is CC(C(=O)O)C(F)(F)C(C)(F)F. The molecular formula is C6H8F4O2. The van der Waals surface area contributed by atoms with Crippen LogP contribution in [0.4, 0.5) is 17.6 Å². The molecule has 12 heavy (non-hydrogen) atoms. The highest BCUT2D eigenvalue weighted by atomic mass is 19.3. The van der Waals surface area contributed by atoms with Gasteiger partial charge in [-0.05, 0) is 6.92 Å². The molecule has 0 aliphatic carbocycles. The molecule has 1 unspecified atom stereocenters. The maximum atomic E-state index is 12.4. The van der Waals surface area contributed by atoms with E-state index in [2.05, 4.69) is 0 Å². The Morgan fingerprint density at radius 2 is 1.67 bits per heavy atom. The molecule has 6 heteroatoms. The van der Waals surface area contributed by atoms with Gasteiger partial charge in [0.1, 0.15) is 5.92 Å². The molecule has 0 saturated carbocycles. The molecule has 0 aromatic heterocycles. The first-order valence-corrected chi connectivity index (χ1v) is 3.09. The van der Waals surface area contributed by atoms with Crippen molar-refractivity contribution >= 4 is 5.97 Å². The average Bonchev–Trinajstić information content (AvgIpc) is 1.83. The first kappa shape index (κ1) is 11.2. The predicted octanol–water partition coefficient (Wildman–Crippen LogP) is 2.00. The summed E-state index contributed by atoms with van der Waals surface area (Å²) in [4.78, 5) is 9.98. The summed E-state index contributed by atoms with van der Waals surface area (Å²) in [6.07, 6.45) is 0. The lowest BCUT2D eigenvalue weighted by atomic mass is 9.99. The smallest absolute Gasteiger partial charge is 0.322 e. The molecule has 0 aliphatic heterocycles. The number of rotatable bonds is 3. The highest BCUT2D eigenvalue weighted by Gasteiger charge is 2.58. The molecule has 0 bridgehead atoms. The predicted molar refractivity (Wildman–Crippen MR) is 32.4 cm³/mol. The van der Waals surface area contributed by atoms with Crippen molar-refractivity contribution in [3.8, 4) is 0 Å². The van der Waals surface area contributed by atoms with Gasteiger partial charge in [-0.2, -0.15) is 8.78 Å². The summed E-state index contributed by atoms with van der Waals surface area (Å²) in [5.41, 5.74) is 0. The Morgan fingerprint density at radius 1 is 1.33 bits per heavy atom. The number of carboxylic acid groups (broad SMARTS) is 1. The van der Waals surface area contributed by atoms with E-state index in [9.17, 15) is 22.4 Å². The summed E-state index contributed by atoms with van der Waals surface area (Å²) in [5.74, 6) is -13.2. The highest BCUT2D eigenvalue weighted by Crippen LogP contribution is 2.39. The Morgan fingerprint density at radius 3 is 1.75 bits per heavy atom. The average molecular weight is 188 g/mol. The molecule has 0 rings (SSSR count). The topological polar surface area (TPSA) is 37.3 Å².